The van der Waals surface area contributed by atoms with Gasteiger partial charge in [-0.25, -0.2) is 4.79 Å². The van der Waals surface area contributed by atoms with Crippen LogP contribution in [0.2, 0.25) is 0 Å². The molecule has 5 nitrogen and oxygen atoms in total. The second-order valence-electron chi connectivity index (χ2n) is 4.39. The third-order valence-corrected chi connectivity index (χ3v) is 1.57. The summed E-state index contributed by atoms with van der Waals surface area (Å²) in [4.78, 5) is 11.2. The Hall–Kier alpha value is -0.810. The highest BCUT2D eigenvalue weighted by atomic mass is 16.6. The molecule has 96 valence electrons. The molecule has 1 N–H and O–H groups in total. The first-order valence-corrected chi connectivity index (χ1v) is 5.49. The molecule has 0 aliphatic heterocycles. The summed E-state index contributed by atoms with van der Waals surface area (Å²) in [6.07, 6.45) is 0.382. The Bertz CT molecular complexity index is 189. The first kappa shape index (κ1) is 15.2. The van der Waals surface area contributed by atoms with Crippen LogP contribution in [0.4, 0.5) is 4.79 Å². The van der Waals surface area contributed by atoms with Crippen LogP contribution in [0, 0.1) is 0 Å². The van der Waals surface area contributed by atoms with Gasteiger partial charge in [-0.3, -0.25) is 0 Å². The molecule has 0 aromatic rings. The Balaban J connectivity index is 3.28. The first-order valence-electron chi connectivity index (χ1n) is 5.49. The molecule has 16 heavy (non-hydrogen) atoms. The van der Waals surface area contributed by atoms with Crippen LogP contribution in [0.15, 0.2) is 0 Å². The van der Waals surface area contributed by atoms with E-state index in [2.05, 4.69) is 5.32 Å². The number of nitrogens with one attached hydrogen (secondary N) is 1. The zero-order valence-corrected chi connectivity index (χ0v) is 10.7. The zero-order valence-electron chi connectivity index (χ0n) is 10.7. The number of carbonyl (C=O) groups is 1. The van der Waals surface area contributed by atoms with Crippen molar-refractivity contribution in [1.29, 1.82) is 0 Å². The quantitative estimate of drug-likeness (QED) is 0.678. The van der Waals surface area contributed by atoms with Gasteiger partial charge in [-0.1, -0.05) is 0 Å². The molecule has 0 saturated carbocycles. The van der Waals surface area contributed by atoms with E-state index in [1.165, 1.54) is 0 Å². The monoisotopic (exact) mass is 233 g/mol. The summed E-state index contributed by atoms with van der Waals surface area (Å²) in [7, 11) is 1.63. The van der Waals surface area contributed by atoms with Gasteiger partial charge in [0.15, 0.2) is 0 Å². The smallest absolute Gasteiger partial charge is 0.407 e. The maximum Gasteiger partial charge on any atom is 0.407 e. The highest BCUT2D eigenvalue weighted by Crippen LogP contribution is 2.06. The Morgan fingerprint density at radius 1 is 1.19 bits per heavy atom. The van der Waals surface area contributed by atoms with Crippen LogP contribution in [0.5, 0.6) is 0 Å². The molecule has 0 bridgehead atoms. The number of carbonyl (C=O) groups excluding carboxylic acids is 1. The topological polar surface area (TPSA) is 56.8 Å². The van der Waals surface area contributed by atoms with Gasteiger partial charge in [0.2, 0.25) is 0 Å². The number of amides is 1. The highest BCUT2D eigenvalue weighted by Gasteiger charge is 2.15. The van der Waals surface area contributed by atoms with Gasteiger partial charge in [0.1, 0.15) is 5.60 Å². The lowest BCUT2D eigenvalue weighted by Crippen LogP contribution is -2.33. The van der Waals surface area contributed by atoms with Gasteiger partial charge in [-0.15, -0.1) is 0 Å². The summed E-state index contributed by atoms with van der Waals surface area (Å²) < 4.78 is 15.1. The van der Waals surface area contributed by atoms with Crippen molar-refractivity contribution in [1.82, 2.24) is 5.32 Å². The molecule has 0 aliphatic carbocycles. The average molecular weight is 233 g/mol. The molecule has 0 aromatic heterocycles. The molecular formula is C11H23NO4. The Labute approximate surface area is 97.4 Å². The fourth-order valence-electron chi connectivity index (χ4n) is 0.923. The third kappa shape index (κ3) is 11.3. The van der Waals surface area contributed by atoms with Crippen LogP contribution in [-0.4, -0.2) is 45.2 Å². The van der Waals surface area contributed by atoms with Crippen LogP contribution in [-0.2, 0) is 14.2 Å². The van der Waals surface area contributed by atoms with Gasteiger partial charge in [-0.2, -0.15) is 0 Å². The minimum absolute atomic E-state index is 0.385. The number of alkyl carbamates (subject to hydrolysis) is 1. The fourth-order valence-corrected chi connectivity index (χ4v) is 0.923. The Morgan fingerprint density at radius 3 is 2.44 bits per heavy atom. The maximum atomic E-state index is 11.2. The van der Waals surface area contributed by atoms with E-state index in [4.69, 9.17) is 14.2 Å². The highest BCUT2D eigenvalue weighted by molar-refractivity contribution is 5.67. The summed E-state index contributed by atoms with van der Waals surface area (Å²) in [6, 6.07) is 0. The molecule has 1 amide bonds. The molecule has 0 atom stereocenters. The van der Waals surface area contributed by atoms with Crippen molar-refractivity contribution < 1.29 is 19.0 Å². The minimum atomic E-state index is -0.445. The zero-order chi connectivity index (χ0) is 12.4. The SMILES string of the molecule is COCCOCCCNC(=O)OC(C)(C)C. The maximum absolute atomic E-state index is 11.2. The van der Waals surface area contributed by atoms with Crippen molar-refractivity contribution in [3.8, 4) is 0 Å². The molecule has 0 fully saturated rings. The lowest BCUT2D eigenvalue weighted by molar-refractivity contribution is 0.0504. The summed E-state index contributed by atoms with van der Waals surface area (Å²) >= 11 is 0. The largest absolute Gasteiger partial charge is 0.444 e. The second-order valence-corrected chi connectivity index (χ2v) is 4.39. The molecule has 5 heteroatoms. The van der Waals surface area contributed by atoms with Crippen molar-refractivity contribution in [2.75, 3.05) is 33.5 Å². The Kier molecular flexibility index (Phi) is 7.93. The molecule has 0 aliphatic rings. The Morgan fingerprint density at radius 2 is 1.88 bits per heavy atom. The standard InChI is InChI=1S/C11H23NO4/c1-11(2,3)16-10(13)12-6-5-7-15-9-8-14-4/h5-9H2,1-4H3,(H,12,13). The predicted octanol–water partition coefficient (Wildman–Crippen LogP) is 1.56. The van der Waals surface area contributed by atoms with Gasteiger partial charge in [0.05, 0.1) is 13.2 Å². The summed E-state index contributed by atoms with van der Waals surface area (Å²) in [6.45, 7) is 7.85. The van der Waals surface area contributed by atoms with Crippen LogP contribution in [0.25, 0.3) is 0 Å². The molecule has 0 aromatic carbocycles. The number of ether oxygens (including phenoxy) is 3. The van der Waals surface area contributed by atoms with Crippen molar-refractivity contribution in [2.45, 2.75) is 32.8 Å². The normalized spacial score (nSPS) is 11.2. The van der Waals surface area contributed by atoms with Crippen LogP contribution >= 0.6 is 0 Å². The van der Waals surface area contributed by atoms with E-state index in [-0.39, 0.29) is 6.09 Å². The van der Waals surface area contributed by atoms with E-state index in [9.17, 15) is 4.79 Å². The van der Waals surface area contributed by atoms with E-state index >= 15 is 0 Å². The second kappa shape index (κ2) is 8.35. The number of methoxy groups -OCH3 is 1. The summed E-state index contributed by atoms with van der Waals surface area (Å²) in [5.74, 6) is 0. The van der Waals surface area contributed by atoms with Crippen LogP contribution < -0.4 is 5.32 Å². The van der Waals surface area contributed by atoms with Gasteiger partial charge in [0.25, 0.3) is 0 Å². The van der Waals surface area contributed by atoms with Crippen LogP contribution in [0.3, 0.4) is 0 Å². The number of rotatable bonds is 7. The minimum Gasteiger partial charge on any atom is -0.444 e. The molecule has 0 saturated heterocycles. The van der Waals surface area contributed by atoms with Crippen molar-refractivity contribution >= 4 is 6.09 Å². The third-order valence-electron chi connectivity index (χ3n) is 1.57. The van der Waals surface area contributed by atoms with E-state index in [0.717, 1.165) is 6.42 Å². The lowest BCUT2D eigenvalue weighted by Gasteiger charge is -2.19. The van der Waals surface area contributed by atoms with Gasteiger partial charge < -0.3 is 19.5 Å². The number of hydrogen-bond acceptors (Lipinski definition) is 4. The molecule has 0 spiro atoms. The molecule has 0 unspecified atom stereocenters. The molecule has 0 radical (unpaired) electrons. The van der Waals surface area contributed by atoms with Crippen molar-refractivity contribution in [3.05, 3.63) is 0 Å². The van der Waals surface area contributed by atoms with Crippen molar-refractivity contribution in [2.24, 2.45) is 0 Å². The van der Waals surface area contributed by atoms with E-state index in [0.29, 0.717) is 26.4 Å². The molecular weight excluding hydrogens is 210 g/mol. The van der Waals surface area contributed by atoms with E-state index in [1.807, 2.05) is 20.8 Å². The van der Waals surface area contributed by atoms with E-state index < -0.39 is 5.60 Å². The lowest BCUT2D eigenvalue weighted by atomic mass is 10.2. The average Bonchev–Trinajstić information content (AvgIpc) is 2.13. The summed E-state index contributed by atoms with van der Waals surface area (Å²) in [5, 5.41) is 2.66. The van der Waals surface area contributed by atoms with Gasteiger partial charge in [0, 0.05) is 20.3 Å². The predicted molar refractivity (Wildman–Crippen MR) is 61.5 cm³/mol. The summed E-state index contributed by atoms with van der Waals surface area (Å²) in [5.41, 5.74) is -0.445. The van der Waals surface area contributed by atoms with Crippen LogP contribution in [0.1, 0.15) is 27.2 Å². The van der Waals surface area contributed by atoms with Crippen molar-refractivity contribution in [3.63, 3.8) is 0 Å². The first-order chi connectivity index (χ1) is 7.45. The van der Waals surface area contributed by atoms with Gasteiger partial charge in [-0.05, 0) is 27.2 Å². The molecule has 0 heterocycles. The van der Waals surface area contributed by atoms with Gasteiger partial charge >= 0.3 is 6.09 Å². The fraction of sp³-hybridized carbons (Fsp3) is 0.909. The molecule has 0 rings (SSSR count). The number of hydrogen-bond donors (Lipinski definition) is 1. The van der Waals surface area contributed by atoms with E-state index in [1.54, 1.807) is 7.11 Å².